The van der Waals surface area contributed by atoms with E-state index in [1.54, 1.807) is 37.3 Å². The van der Waals surface area contributed by atoms with Gasteiger partial charge in [-0.05, 0) is 166 Å². The average Bonchev–Trinajstić information content (AvgIpc) is 1.83. The van der Waals surface area contributed by atoms with Gasteiger partial charge in [-0.15, -0.1) is 0 Å². The quantitative estimate of drug-likeness (QED) is 0.0444. The minimum atomic E-state index is -2.11. The number of amides is 1. The number of β-amino-alcohol motifs (C(OH)–C–C–N with tert-alkyl or cyclic N) is 1. The van der Waals surface area contributed by atoms with Crippen molar-refractivity contribution in [1.82, 2.24) is 10.6 Å². The molecule has 6 aliphatic rings. The normalized spacial score (nSPS) is 30.8. The summed E-state index contributed by atoms with van der Waals surface area (Å²) in [5.74, 6) is 1.33. The van der Waals surface area contributed by atoms with Gasteiger partial charge in [0.05, 0.1) is 30.5 Å². The van der Waals surface area contributed by atoms with Crippen molar-refractivity contribution < 1.29 is 50.1 Å². The third-order valence-corrected chi connectivity index (χ3v) is 19.2. The number of hydrogen-bond acceptors (Lipinski definition) is 13. The maximum atomic E-state index is 15.2. The Morgan fingerprint density at radius 3 is 2.39 bits per heavy atom. The van der Waals surface area contributed by atoms with Gasteiger partial charge >= 0.3 is 0 Å². The van der Waals surface area contributed by atoms with Crippen LogP contribution in [0.2, 0.25) is 0 Å². The lowest BCUT2D eigenvalue weighted by molar-refractivity contribution is -0.168. The van der Waals surface area contributed by atoms with Crippen LogP contribution in [0.15, 0.2) is 129 Å². The maximum absolute atomic E-state index is 15.2. The largest absolute Gasteiger partial charge is 0.508 e. The molecule has 16 nitrogen and oxygen atoms in total. The summed E-state index contributed by atoms with van der Waals surface area (Å²) < 4.78 is 6.25. The Balaban J connectivity index is 1.12. The second kappa shape index (κ2) is 26.4. The highest BCUT2D eigenvalue weighted by Crippen LogP contribution is 2.63. The summed E-state index contributed by atoms with van der Waals surface area (Å²) in [6.45, 7) is 5.83. The zero-order valence-corrected chi connectivity index (χ0v) is 48.3. The van der Waals surface area contributed by atoms with Crippen molar-refractivity contribution in [1.29, 1.82) is 0 Å². The average molecular weight is 1140 g/mol. The molecule has 2 bridgehead atoms. The predicted octanol–water partition coefficient (Wildman–Crippen LogP) is 6.22. The molecule has 1 spiro atoms. The van der Waals surface area contributed by atoms with Crippen molar-refractivity contribution in [3.05, 3.63) is 158 Å². The molecule has 0 saturated heterocycles. The maximum Gasteiger partial charge on any atom is 0.243 e. The van der Waals surface area contributed by atoms with Gasteiger partial charge in [-0.25, -0.2) is 0 Å². The van der Waals surface area contributed by atoms with Crippen molar-refractivity contribution in [2.24, 2.45) is 45.4 Å². The van der Waals surface area contributed by atoms with Gasteiger partial charge in [0.2, 0.25) is 5.91 Å². The number of nitrogens with two attached hydrogens (primary N) is 3. The SMILES string of the molecule is CC1=CCC(O)(O)C(=C2CCCC2)C=CC=C(C2CCC3(C4CCC(O)Cc5cccc(c5)CC(C(CN=C(N)N)c5ccc(O)cc5)C(O)CNC5C(=O)NC(N)c6cccc(c65)CC(=O)C(C)=C4CCC3(C)O)C2O)COCC#CC1. The van der Waals surface area contributed by atoms with Crippen molar-refractivity contribution in [3.8, 4) is 17.6 Å². The summed E-state index contributed by atoms with van der Waals surface area (Å²) in [4.78, 5) is 33.9. The number of rotatable bonds is 5. The fourth-order valence-corrected chi connectivity index (χ4v) is 14.7. The van der Waals surface area contributed by atoms with Gasteiger partial charge in [0.1, 0.15) is 24.6 Å². The van der Waals surface area contributed by atoms with Gasteiger partial charge in [-0.1, -0.05) is 107 Å². The van der Waals surface area contributed by atoms with Crippen molar-refractivity contribution in [2.45, 2.75) is 165 Å². The monoisotopic (exact) mass is 1130 g/mol. The van der Waals surface area contributed by atoms with Crippen molar-refractivity contribution in [3.63, 3.8) is 0 Å². The number of phenols is 1. The Hall–Kier alpha value is -6.23. The molecule has 1 amide bonds. The summed E-state index contributed by atoms with van der Waals surface area (Å²) in [5.41, 5.74) is 24.5. The van der Waals surface area contributed by atoms with E-state index in [0.717, 1.165) is 64.7 Å². The molecule has 11 atom stereocenters. The van der Waals surface area contributed by atoms with E-state index in [2.05, 4.69) is 27.5 Å². The van der Waals surface area contributed by atoms with Crippen LogP contribution in [0.25, 0.3) is 0 Å². The van der Waals surface area contributed by atoms with Gasteiger partial charge in [0.15, 0.2) is 17.5 Å². The van der Waals surface area contributed by atoms with Crippen LogP contribution in [0.3, 0.4) is 0 Å². The second-order valence-electron chi connectivity index (χ2n) is 24.5. The molecular formula is C67H86N6O10. The van der Waals surface area contributed by atoms with Crippen LogP contribution in [0.5, 0.6) is 5.75 Å². The van der Waals surface area contributed by atoms with E-state index in [1.165, 1.54) is 0 Å². The molecule has 444 valence electrons. The fraction of sp³-hybridized carbons (Fsp3) is 0.507. The van der Waals surface area contributed by atoms with Gasteiger partial charge in [-0.3, -0.25) is 19.9 Å². The lowest BCUT2D eigenvalue weighted by atomic mass is 9.52. The Kier molecular flexibility index (Phi) is 19.5. The summed E-state index contributed by atoms with van der Waals surface area (Å²) in [7, 11) is 0. The Morgan fingerprint density at radius 1 is 0.904 bits per heavy atom. The van der Waals surface area contributed by atoms with Gasteiger partial charge in [0, 0.05) is 55.2 Å². The van der Waals surface area contributed by atoms with Gasteiger partial charge in [0.25, 0.3) is 0 Å². The third kappa shape index (κ3) is 13.7. The van der Waals surface area contributed by atoms with E-state index in [1.807, 2.05) is 74.5 Å². The number of phenolic OH excluding ortho intramolecular Hbond substituents is 1. The zero-order chi connectivity index (χ0) is 59.2. The molecule has 0 radical (unpaired) electrons. The van der Waals surface area contributed by atoms with E-state index in [4.69, 9.17) is 21.9 Å². The summed E-state index contributed by atoms with van der Waals surface area (Å²) >= 11 is 0. The minimum absolute atomic E-state index is 0.00412. The third-order valence-electron chi connectivity index (χ3n) is 19.2. The number of hydrogen-bond donors (Lipinski definition) is 12. The lowest BCUT2D eigenvalue weighted by Crippen LogP contribution is -2.59. The molecule has 83 heavy (non-hydrogen) atoms. The summed E-state index contributed by atoms with van der Waals surface area (Å²) in [5, 5.41) is 90.8. The van der Waals surface area contributed by atoms with Crippen molar-refractivity contribution >= 4 is 17.6 Å². The number of nitrogens with zero attached hydrogens (tertiary/aromatic N) is 1. The van der Waals surface area contributed by atoms with E-state index in [-0.39, 0.29) is 75.9 Å². The second-order valence-corrected chi connectivity index (χ2v) is 24.5. The zero-order valence-electron chi connectivity index (χ0n) is 48.3. The van der Waals surface area contributed by atoms with Crippen LogP contribution in [0.1, 0.15) is 149 Å². The fourth-order valence-electron chi connectivity index (χ4n) is 14.7. The molecule has 3 aromatic carbocycles. The van der Waals surface area contributed by atoms with E-state index in [9.17, 15) is 40.5 Å². The Bertz CT molecular complexity index is 3120. The van der Waals surface area contributed by atoms with Gasteiger partial charge < -0.3 is 63.0 Å². The Morgan fingerprint density at radius 2 is 1.64 bits per heavy atom. The number of benzene rings is 3. The molecular weight excluding hydrogens is 1050 g/mol. The highest BCUT2D eigenvalue weighted by atomic mass is 16.5. The molecule has 16 heteroatoms. The number of aliphatic hydroxyl groups excluding tert-OH is 3. The van der Waals surface area contributed by atoms with Crippen LogP contribution in [0.4, 0.5) is 0 Å². The molecule has 0 aromatic heterocycles. The molecule has 15 N–H and O–H groups in total. The van der Waals surface area contributed by atoms with Gasteiger partial charge in [-0.2, -0.15) is 0 Å². The molecule has 3 aliphatic heterocycles. The highest BCUT2D eigenvalue weighted by Gasteiger charge is 2.64. The predicted molar refractivity (Wildman–Crippen MR) is 320 cm³/mol. The molecule has 3 saturated carbocycles. The molecule has 3 fully saturated rings. The molecule has 3 aliphatic carbocycles. The number of Topliss-reactive ketones (excluding diaryl/α,β-unsaturated/α-hetero) is 1. The van der Waals surface area contributed by atoms with Crippen LogP contribution in [-0.2, 0) is 33.6 Å². The number of allylic oxidation sites excluding steroid dienone is 6. The summed E-state index contributed by atoms with van der Waals surface area (Å²) in [6, 6.07) is 19.0. The van der Waals surface area contributed by atoms with Crippen LogP contribution >= 0.6 is 0 Å². The first kappa shape index (κ1) is 61.3. The highest BCUT2D eigenvalue weighted by molar-refractivity contribution is 5.98. The molecule has 11 unspecified atom stereocenters. The topological polar surface area (TPSA) is 299 Å². The van der Waals surface area contributed by atoms with Crippen LogP contribution in [-0.4, -0.2) is 109 Å². The van der Waals surface area contributed by atoms with Crippen molar-refractivity contribution in [2.75, 3.05) is 26.3 Å². The smallest absolute Gasteiger partial charge is 0.243 e. The molecule has 3 aromatic rings. The number of ether oxygens (including phenoxy) is 1. The van der Waals surface area contributed by atoms with E-state index in [0.29, 0.717) is 66.4 Å². The first-order valence-corrected chi connectivity index (χ1v) is 29.7. The number of aliphatic hydroxyl groups is 6. The number of carbonyl (C=O) groups is 2. The summed E-state index contributed by atoms with van der Waals surface area (Å²) in [6.07, 6.45) is 9.85. The number of ketones is 1. The first-order valence-electron chi connectivity index (χ1n) is 29.7. The first-order chi connectivity index (χ1) is 39.7. The minimum Gasteiger partial charge on any atom is -0.508 e. The van der Waals surface area contributed by atoms with Crippen LogP contribution < -0.4 is 27.8 Å². The number of guanidine groups is 1. The van der Waals surface area contributed by atoms with E-state index >= 15 is 4.79 Å². The van der Waals surface area contributed by atoms with E-state index < -0.39 is 76.9 Å². The van der Waals surface area contributed by atoms with Crippen LogP contribution in [0, 0.1) is 35.0 Å². The number of aromatic hydroxyl groups is 1. The lowest BCUT2D eigenvalue weighted by Gasteiger charge is -2.56. The number of aliphatic imine (C=N–C) groups is 1. The standard InChI is InChI=1S/C67H86N6O10/c1-40-11-6-7-32-83-39-47(17-10-19-55(45-14-4-5-15-45)67(81,82)31-26-40)51-28-30-66(61(51)78)56-25-24-49(75)34-42-12-8-13-43(33-42)35-53(54(37-72-64(69)70)44-20-22-48(74)23-21-44)58(77)38-71-60-59-46(16-9-18-52(59)62(68)73-63(60)79)36-57(76)41(2)50(56)27-29-65(66,3)80/h8-10,12-13,16-23,26,33,49,51,53-54,56,58,60-62,71,74-75,77-78,80-82H,4-5,11,14-15,24-25,27-32,34-39,68H2,1-3H3,(H,73,79)(H4,69,70,72). The molecule has 9 rings (SSSR count). The number of nitrogens with one attached hydrogen (secondary N) is 2. The number of fused-ring (bicyclic) bond motifs is 4. The molecule has 3 heterocycles. The Labute approximate surface area is 488 Å². The number of carbonyl (C=O) groups excluding carboxylic acids is 2.